The Morgan fingerprint density at radius 2 is 1.84 bits per heavy atom. The predicted molar refractivity (Wildman–Crippen MR) is 94.1 cm³/mol. The highest BCUT2D eigenvalue weighted by molar-refractivity contribution is 6.31. The van der Waals surface area contributed by atoms with Gasteiger partial charge in [0.05, 0.1) is 11.7 Å². The first kappa shape index (κ1) is 19.1. The number of hydrogen-bond acceptors (Lipinski definition) is 3. The smallest absolute Gasteiger partial charge is 0.387 e. The van der Waals surface area contributed by atoms with Crippen molar-refractivity contribution in [1.82, 2.24) is 4.90 Å². The Morgan fingerprint density at radius 1 is 1.20 bits per heavy atom. The minimum absolute atomic E-state index is 0.0770. The highest BCUT2D eigenvalue weighted by Gasteiger charge is 2.20. The zero-order valence-corrected chi connectivity index (χ0v) is 14.6. The van der Waals surface area contributed by atoms with E-state index in [0.717, 1.165) is 5.56 Å². The molecule has 2 rings (SSSR count). The summed E-state index contributed by atoms with van der Waals surface area (Å²) >= 11 is 6.14. The fraction of sp³-hybridized carbons (Fsp3) is 0.278. The second-order valence-electron chi connectivity index (χ2n) is 5.55. The maximum atomic E-state index is 12.4. The highest BCUT2D eigenvalue weighted by Crippen LogP contribution is 2.26. The number of anilines is 1. The van der Waals surface area contributed by atoms with E-state index >= 15 is 0 Å². The molecule has 4 nitrogen and oxygen atoms in total. The van der Waals surface area contributed by atoms with E-state index in [-0.39, 0.29) is 17.3 Å². The predicted octanol–water partition coefficient (Wildman–Crippen LogP) is 4.40. The number of carbonyl (C=O) groups excluding carboxylic acids is 1. The van der Waals surface area contributed by atoms with Gasteiger partial charge in [-0.15, -0.1) is 0 Å². The van der Waals surface area contributed by atoms with Crippen molar-refractivity contribution in [3.05, 3.63) is 59.1 Å². The number of hydrogen-bond donors (Lipinski definition) is 1. The molecule has 0 radical (unpaired) electrons. The molecule has 0 bridgehead atoms. The van der Waals surface area contributed by atoms with Crippen LogP contribution in [0.25, 0.3) is 0 Å². The zero-order valence-electron chi connectivity index (χ0n) is 13.9. The Kier molecular flexibility index (Phi) is 6.73. The normalized spacial score (nSPS) is 12.3. The molecule has 134 valence electrons. The maximum Gasteiger partial charge on any atom is 0.387 e. The highest BCUT2D eigenvalue weighted by atomic mass is 35.5. The third-order valence-electron chi connectivity index (χ3n) is 3.78. The summed E-state index contributed by atoms with van der Waals surface area (Å²) in [7, 11) is 1.79. The molecule has 25 heavy (non-hydrogen) atoms. The average molecular weight is 369 g/mol. The molecular weight excluding hydrogens is 350 g/mol. The van der Waals surface area contributed by atoms with Gasteiger partial charge in [0.1, 0.15) is 5.75 Å². The van der Waals surface area contributed by atoms with Gasteiger partial charge in [-0.1, -0.05) is 41.9 Å². The molecule has 1 amide bonds. The van der Waals surface area contributed by atoms with E-state index in [1.807, 2.05) is 23.1 Å². The van der Waals surface area contributed by atoms with E-state index in [2.05, 4.69) is 10.1 Å². The van der Waals surface area contributed by atoms with Crippen LogP contribution in [-0.4, -0.2) is 30.5 Å². The summed E-state index contributed by atoms with van der Waals surface area (Å²) in [5.41, 5.74) is 1.10. The van der Waals surface area contributed by atoms with Gasteiger partial charge in [-0.3, -0.25) is 9.69 Å². The summed E-state index contributed by atoms with van der Waals surface area (Å²) in [6, 6.07) is 12.9. The molecule has 0 aliphatic carbocycles. The molecule has 1 atom stereocenters. The van der Waals surface area contributed by atoms with Crippen LogP contribution in [0, 0.1) is 0 Å². The molecule has 0 heterocycles. The van der Waals surface area contributed by atoms with Gasteiger partial charge in [0.2, 0.25) is 5.91 Å². The fourth-order valence-electron chi connectivity index (χ4n) is 2.24. The van der Waals surface area contributed by atoms with Crippen molar-refractivity contribution in [1.29, 1.82) is 0 Å². The standard InChI is InChI=1S/C18H19ClF2N2O2/c1-12(23(2)11-13-7-3-4-8-14(13)19)17(24)22-15-9-5-6-10-16(15)25-18(20)21/h3-10,12,18H,11H2,1-2H3,(H,22,24). The topological polar surface area (TPSA) is 41.6 Å². The lowest BCUT2D eigenvalue weighted by molar-refractivity contribution is -0.120. The van der Waals surface area contributed by atoms with Crippen LogP contribution in [0.15, 0.2) is 48.5 Å². The van der Waals surface area contributed by atoms with Crippen molar-refractivity contribution in [2.24, 2.45) is 0 Å². The lowest BCUT2D eigenvalue weighted by Crippen LogP contribution is -2.39. The number of likely N-dealkylation sites (N-methyl/N-ethyl adjacent to an activating group) is 1. The molecule has 0 fully saturated rings. The average Bonchev–Trinajstić information content (AvgIpc) is 2.57. The Labute approximate surface area is 150 Å². The van der Waals surface area contributed by atoms with Crippen molar-refractivity contribution in [3.8, 4) is 5.75 Å². The van der Waals surface area contributed by atoms with Gasteiger partial charge >= 0.3 is 6.61 Å². The van der Waals surface area contributed by atoms with E-state index in [0.29, 0.717) is 11.6 Å². The number of para-hydroxylation sites is 2. The van der Waals surface area contributed by atoms with E-state index in [9.17, 15) is 13.6 Å². The molecule has 0 saturated heterocycles. The molecule has 0 aromatic heterocycles. The van der Waals surface area contributed by atoms with Crippen molar-refractivity contribution < 1.29 is 18.3 Å². The summed E-state index contributed by atoms with van der Waals surface area (Å²) in [5, 5.41) is 3.25. The lowest BCUT2D eigenvalue weighted by Gasteiger charge is -2.24. The van der Waals surface area contributed by atoms with Crippen molar-refractivity contribution in [2.75, 3.05) is 12.4 Å². The van der Waals surface area contributed by atoms with Crippen LogP contribution in [0.5, 0.6) is 5.75 Å². The van der Waals surface area contributed by atoms with Gasteiger partial charge in [-0.25, -0.2) is 0 Å². The Morgan fingerprint density at radius 3 is 2.52 bits per heavy atom. The number of amides is 1. The Hall–Kier alpha value is -2.18. The van der Waals surface area contributed by atoms with Gasteiger partial charge in [0, 0.05) is 11.6 Å². The number of nitrogens with one attached hydrogen (secondary N) is 1. The molecule has 0 aliphatic rings. The number of halogens is 3. The lowest BCUT2D eigenvalue weighted by atomic mass is 10.2. The van der Waals surface area contributed by atoms with E-state index < -0.39 is 12.7 Å². The maximum absolute atomic E-state index is 12.4. The number of alkyl halides is 2. The van der Waals surface area contributed by atoms with Crippen LogP contribution >= 0.6 is 11.6 Å². The van der Waals surface area contributed by atoms with Crippen molar-refractivity contribution in [3.63, 3.8) is 0 Å². The van der Waals surface area contributed by atoms with Crippen LogP contribution in [0.4, 0.5) is 14.5 Å². The SMILES string of the molecule is CC(C(=O)Nc1ccccc1OC(F)F)N(C)Cc1ccccc1Cl. The number of rotatable bonds is 7. The quantitative estimate of drug-likeness (QED) is 0.787. The minimum atomic E-state index is -2.96. The number of nitrogens with zero attached hydrogens (tertiary/aromatic N) is 1. The largest absolute Gasteiger partial charge is 0.433 e. The van der Waals surface area contributed by atoms with E-state index in [4.69, 9.17) is 11.6 Å². The van der Waals surface area contributed by atoms with Crippen molar-refractivity contribution >= 4 is 23.2 Å². The first-order chi connectivity index (χ1) is 11.9. The number of benzene rings is 2. The second-order valence-corrected chi connectivity index (χ2v) is 5.95. The molecule has 0 saturated carbocycles. The monoisotopic (exact) mass is 368 g/mol. The van der Waals surface area contributed by atoms with Crippen LogP contribution in [0.2, 0.25) is 5.02 Å². The third kappa shape index (κ3) is 5.41. The molecule has 7 heteroatoms. The molecule has 1 unspecified atom stereocenters. The van der Waals surface area contributed by atoms with Crippen LogP contribution in [0.1, 0.15) is 12.5 Å². The Balaban J connectivity index is 2.04. The summed E-state index contributed by atoms with van der Waals surface area (Å²) < 4.78 is 29.3. The first-order valence-electron chi connectivity index (χ1n) is 7.67. The van der Waals surface area contributed by atoms with Gasteiger partial charge in [0.15, 0.2) is 0 Å². The van der Waals surface area contributed by atoms with Crippen LogP contribution < -0.4 is 10.1 Å². The van der Waals surface area contributed by atoms with Gasteiger partial charge in [-0.05, 0) is 37.7 Å². The molecule has 2 aromatic rings. The number of ether oxygens (including phenoxy) is 1. The van der Waals surface area contributed by atoms with Crippen molar-refractivity contribution in [2.45, 2.75) is 26.1 Å². The van der Waals surface area contributed by atoms with E-state index in [1.54, 1.807) is 32.2 Å². The van der Waals surface area contributed by atoms with Gasteiger partial charge < -0.3 is 10.1 Å². The van der Waals surface area contributed by atoms with E-state index in [1.165, 1.54) is 12.1 Å². The first-order valence-corrected chi connectivity index (χ1v) is 8.04. The van der Waals surface area contributed by atoms with Crippen LogP contribution in [-0.2, 0) is 11.3 Å². The van der Waals surface area contributed by atoms with Gasteiger partial charge in [0.25, 0.3) is 0 Å². The molecular formula is C18H19ClF2N2O2. The number of carbonyl (C=O) groups is 1. The molecule has 2 aromatic carbocycles. The zero-order chi connectivity index (χ0) is 18.4. The molecule has 0 spiro atoms. The molecule has 1 N–H and O–H groups in total. The third-order valence-corrected chi connectivity index (χ3v) is 4.15. The summed E-state index contributed by atoms with van der Waals surface area (Å²) in [4.78, 5) is 14.3. The van der Waals surface area contributed by atoms with Gasteiger partial charge in [-0.2, -0.15) is 8.78 Å². The summed E-state index contributed by atoms with van der Waals surface area (Å²) in [6.07, 6.45) is 0. The minimum Gasteiger partial charge on any atom is -0.433 e. The Bertz CT molecular complexity index is 728. The van der Waals surface area contributed by atoms with Crippen LogP contribution in [0.3, 0.4) is 0 Å². The summed E-state index contributed by atoms with van der Waals surface area (Å²) in [6.45, 7) is -0.759. The fourth-order valence-corrected chi connectivity index (χ4v) is 2.43. The molecule has 0 aliphatic heterocycles. The summed E-state index contributed by atoms with van der Waals surface area (Å²) in [5.74, 6) is -0.410. The second kappa shape index (κ2) is 8.78.